The molecule has 0 amide bonds. The van der Waals surface area contributed by atoms with Crippen LogP contribution in [-0.4, -0.2) is 0 Å². The first-order valence-electron chi connectivity index (χ1n) is 1.45. The fraction of sp³-hybridized carbons (Fsp3) is 0. The number of rotatable bonds is 2. The first kappa shape index (κ1) is 5.33. The Morgan fingerprint density at radius 1 is 1.14 bits per heavy atom. The van der Waals surface area contributed by atoms with Crippen LogP contribution in [-0.2, 0) is 18.6 Å². The zero-order valence-electron chi connectivity index (χ0n) is 3.29. The summed E-state index contributed by atoms with van der Waals surface area (Å²) in [5.74, 6) is 9.17. The zero-order chi connectivity index (χ0) is 5.33. The summed E-state index contributed by atoms with van der Waals surface area (Å²) in [6.07, 6.45) is 0. The summed E-state index contributed by atoms with van der Waals surface area (Å²) in [4.78, 5) is 0. The average molecular weight is 128 g/mol. The second-order valence-electron chi connectivity index (χ2n) is 0.902. The van der Waals surface area contributed by atoms with Crippen molar-refractivity contribution < 1.29 is 18.6 Å². The molecule has 44 valence electrons. The molecule has 0 unspecified atom stereocenters. The van der Waals surface area contributed by atoms with E-state index in [9.17, 15) is 0 Å². The fourth-order valence-corrected chi connectivity index (χ4v) is 0.625. The third-order valence-electron chi connectivity index (χ3n) is 0.508. The molecule has 1 saturated heterocycles. The first-order chi connectivity index (χ1) is 3.33. The molecule has 1 rings (SSSR count). The van der Waals surface area contributed by atoms with Crippen molar-refractivity contribution in [3.63, 3.8) is 0 Å². The van der Waals surface area contributed by atoms with Crippen LogP contribution < -0.4 is 11.8 Å². The predicted octanol–water partition coefficient (Wildman–Crippen LogP) is -0.861. The van der Waals surface area contributed by atoms with Gasteiger partial charge in [0.2, 0.25) is 0 Å². The molecule has 0 bridgehead atoms. The molecule has 0 radical (unpaired) electrons. The van der Waals surface area contributed by atoms with Crippen LogP contribution in [0.3, 0.4) is 0 Å². The molecular formula is H5N2O4P. The average Bonchev–Trinajstić information content (AvgIpc) is 2.46. The Morgan fingerprint density at radius 2 is 1.57 bits per heavy atom. The van der Waals surface area contributed by atoms with Gasteiger partial charge in [-0.1, -0.05) is 0 Å². The van der Waals surface area contributed by atoms with Crippen LogP contribution in [0.4, 0.5) is 0 Å². The van der Waals surface area contributed by atoms with E-state index in [4.69, 9.17) is 0 Å². The Morgan fingerprint density at radius 3 is 1.57 bits per heavy atom. The Hall–Kier alpha value is 0.190. The van der Waals surface area contributed by atoms with Gasteiger partial charge in [-0.15, -0.1) is 0 Å². The van der Waals surface area contributed by atoms with Gasteiger partial charge in [-0.2, -0.15) is 0 Å². The summed E-state index contributed by atoms with van der Waals surface area (Å²) in [6.45, 7) is 0. The van der Waals surface area contributed by atoms with E-state index in [0.29, 0.717) is 0 Å². The van der Waals surface area contributed by atoms with Gasteiger partial charge >= 0.3 is 38.6 Å². The molecule has 0 aliphatic carbocycles. The van der Waals surface area contributed by atoms with Gasteiger partial charge in [-0.05, 0) is 0 Å². The molecule has 1 fully saturated rings. The van der Waals surface area contributed by atoms with Gasteiger partial charge in [0.05, 0.1) is 0 Å². The summed E-state index contributed by atoms with van der Waals surface area (Å²) in [5.41, 5.74) is 0. The van der Waals surface area contributed by atoms with Gasteiger partial charge in [0.25, 0.3) is 0 Å². The topological polar surface area (TPSA) is 95.6 Å². The van der Waals surface area contributed by atoms with Crippen LogP contribution in [0.5, 0.6) is 0 Å². The summed E-state index contributed by atoms with van der Waals surface area (Å²) >= 11 is 0. The minimum atomic E-state index is -2.85. The van der Waals surface area contributed by atoms with Gasteiger partial charge in [0, 0.05) is 0 Å². The van der Waals surface area contributed by atoms with Crippen molar-refractivity contribution in [3.05, 3.63) is 0 Å². The quantitative estimate of drug-likeness (QED) is 0.217. The molecule has 0 saturated carbocycles. The van der Waals surface area contributed by atoms with Gasteiger partial charge < -0.3 is 0 Å². The molecule has 0 aromatic heterocycles. The van der Waals surface area contributed by atoms with Crippen molar-refractivity contribution in [3.8, 4) is 0 Å². The van der Waals surface area contributed by atoms with E-state index in [1.165, 1.54) is 0 Å². The van der Waals surface area contributed by atoms with Gasteiger partial charge in [0.15, 0.2) is 0 Å². The van der Waals surface area contributed by atoms with Crippen molar-refractivity contribution in [2.45, 2.75) is 0 Å². The van der Waals surface area contributed by atoms with Crippen molar-refractivity contribution in [1.82, 2.24) is 0 Å². The van der Waals surface area contributed by atoms with Crippen molar-refractivity contribution in [2.75, 3.05) is 0 Å². The Labute approximate surface area is 39.8 Å². The molecule has 7 heavy (non-hydrogen) atoms. The van der Waals surface area contributed by atoms with E-state index in [-0.39, 0.29) is 0 Å². The van der Waals surface area contributed by atoms with E-state index < -0.39 is 8.17 Å². The van der Waals surface area contributed by atoms with E-state index in [1.54, 1.807) is 0 Å². The third kappa shape index (κ3) is 0.868. The second-order valence-corrected chi connectivity index (χ2v) is 2.71. The number of hydrogen-bond donors (Lipinski definition) is 2. The molecule has 0 aromatic rings. The summed E-state index contributed by atoms with van der Waals surface area (Å²) in [5, 5.41) is 0. The van der Waals surface area contributed by atoms with Crippen LogP contribution in [0, 0.1) is 0 Å². The van der Waals surface area contributed by atoms with Crippen molar-refractivity contribution in [1.29, 1.82) is 0 Å². The van der Waals surface area contributed by atoms with Gasteiger partial charge in [0.1, 0.15) is 0 Å². The Balaban J connectivity index is 2.28. The molecule has 0 spiro atoms. The molecule has 0 atom stereocenters. The maximum absolute atomic E-state index is 4.59. The standard InChI is InChI=1S/H5N2O4P/c1-3-7(4-2)5-6-7/h7H,1-2H2. The van der Waals surface area contributed by atoms with E-state index in [2.05, 4.69) is 30.4 Å². The van der Waals surface area contributed by atoms with Gasteiger partial charge in [-0.3, -0.25) is 0 Å². The number of hydrogen-bond acceptors (Lipinski definition) is 6. The summed E-state index contributed by atoms with van der Waals surface area (Å²) < 4.78 is 16.4. The van der Waals surface area contributed by atoms with Crippen LogP contribution in [0.15, 0.2) is 0 Å². The normalized spacial score (nSPS) is 29.4. The van der Waals surface area contributed by atoms with E-state index in [0.717, 1.165) is 0 Å². The summed E-state index contributed by atoms with van der Waals surface area (Å²) in [7, 11) is -2.85. The first-order valence-corrected chi connectivity index (χ1v) is 3.09. The Bertz CT molecular complexity index is 64.1. The molecule has 1 aliphatic rings. The molecule has 0 aromatic carbocycles. The van der Waals surface area contributed by atoms with Crippen molar-refractivity contribution in [2.24, 2.45) is 11.8 Å². The molecule has 1 heterocycles. The van der Waals surface area contributed by atoms with Crippen molar-refractivity contribution >= 4 is 8.17 Å². The SMILES string of the molecule is NO[PH]1(ON)OO1. The third-order valence-corrected chi connectivity index (χ3v) is 1.52. The molecule has 7 heteroatoms. The number of nitrogens with two attached hydrogens (primary N) is 2. The van der Waals surface area contributed by atoms with Crippen LogP contribution in [0.1, 0.15) is 0 Å². The second kappa shape index (κ2) is 1.61. The van der Waals surface area contributed by atoms with E-state index in [1.807, 2.05) is 0 Å². The summed E-state index contributed by atoms with van der Waals surface area (Å²) in [6, 6.07) is 0. The zero-order valence-corrected chi connectivity index (χ0v) is 4.29. The van der Waals surface area contributed by atoms with Crippen LogP contribution in [0.25, 0.3) is 0 Å². The Kier molecular flexibility index (Phi) is 1.22. The molecule has 6 nitrogen and oxygen atoms in total. The monoisotopic (exact) mass is 128 g/mol. The fourth-order valence-electron chi connectivity index (χ4n) is 0.140. The maximum atomic E-state index is 4.59. The van der Waals surface area contributed by atoms with Gasteiger partial charge in [-0.25, -0.2) is 0 Å². The van der Waals surface area contributed by atoms with E-state index >= 15 is 0 Å². The van der Waals surface area contributed by atoms with Crippen LogP contribution in [0.2, 0.25) is 0 Å². The van der Waals surface area contributed by atoms with Crippen LogP contribution >= 0.6 is 8.17 Å². The minimum absolute atomic E-state index is 2.85. The molecule has 1 aliphatic heterocycles. The molecular weight excluding hydrogens is 123 g/mol. The molecule has 4 N–H and O–H groups in total. The predicted molar refractivity (Wildman–Crippen MR) is 21.0 cm³/mol.